The Morgan fingerprint density at radius 3 is 2.38 bits per heavy atom. The molecule has 1 rings (SSSR count). The quantitative estimate of drug-likeness (QED) is 0.440. The van der Waals surface area contributed by atoms with Crippen molar-refractivity contribution < 1.29 is 19.2 Å². The van der Waals surface area contributed by atoms with Gasteiger partial charge in [-0.2, -0.15) is 9.97 Å². The second-order valence-electron chi connectivity index (χ2n) is 2.45. The summed E-state index contributed by atoms with van der Waals surface area (Å²) in [4.78, 5) is 27.9. The highest BCUT2D eigenvalue weighted by Crippen LogP contribution is 2.30. The summed E-state index contributed by atoms with van der Waals surface area (Å²) in [5, 5.41) is 9.61. The Bertz CT molecular complexity index is 450. The number of nitro groups is 1. The van der Waals surface area contributed by atoms with Crippen LogP contribution in [0.25, 0.3) is 0 Å². The van der Waals surface area contributed by atoms with Crippen LogP contribution in [0.1, 0.15) is 10.5 Å². The van der Waals surface area contributed by atoms with Crippen LogP contribution in [0, 0.1) is 10.1 Å². The Hall–Kier alpha value is -1.96. The number of methoxy groups -OCH3 is 2. The summed E-state index contributed by atoms with van der Waals surface area (Å²) in [6.45, 7) is 0. The average Bonchev–Trinajstić information content (AvgIpc) is 2.26. The van der Waals surface area contributed by atoms with E-state index in [4.69, 9.17) is 11.6 Å². The number of halogens is 1. The van der Waals surface area contributed by atoms with Crippen molar-refractivity contribution in [3.8, 4) is 11.9 Å². The first-order chi connectivity index (χ1) is 7.51. The Morgan fingerprint density at radius 2 is 2.00 bits per heavy atom. The molecule has 0 aliphatic carbocycles. The SMILES string of the molecule is COc1nc(OC)c([N+](=O)[O-])c(C(=O)Cl)n1. The van der Waals surface area contributed by atoms with Gasteiger partial charge in [0.2, 0.25) is 5.69 Å². The molecule has 0 unspecified atom stereocenters. The van der Waals surface area contributed by atoms with Crippen molar-refractivity contribution in [2.75, 3.05) is 14.2 Å². The molecule has 0 bridgehead atoms. The van der Waals surface area contributed by atoms with Crippen molar-refractivity contribution in [3.05, 3.63) is 15.8 Å². The highest BCUT2D eigenvalue weighted by molar-refractivity contribution is 6.67. The highest BCUT2D eigenvalue weighted by atomic mass is 35.5. The molecule has 0 aromatic carbocycles. The molecule has 1 heterocycles. The first-order valence-electron chi connectivity index (χ1n) is 3.85. The van der Waals surface area contributed by atoms with Gasteiger partial charge in [0.25, 0.3) is 5.24 Å². The molecule has 9 heteroatoms. The van der Waals surface area contributed by atoms with Crippen molar-refractivity contribution in [1.82, 2.24) is 9.97 Å². The van der Waals surface area contributed by atoms with Crippen LogP contribution >= 0.6 is 11.6 Å². The van der Waals surface area contributed by atoms with E-state index >= 15 is 0 Å². The van der Waals surface area contributed by atoms with Crippen molar-refractivity contribution in [3.63, 3.8) is 0 Å². The van der Waals surface area contributed by atoms with Crippen LogP contribution in [0.2, 0.25) is 0 Å². The molecule has 8 nitrogen and oxygen atoms in total. The summed E-state index contributed by atoms with van der Waals surface area (Å²) in [5.74, 6) is -0.388. The lowest BCUT2D eigenvalue weighted by Gasteiger charge is -2.04. The molecule has 0 saturated carbocycles. The van der Waals surface area contributed by atoms with Crippen LogP contribution in [-0.4, -0.2) is 34.4 Å². The molecular weight excluding hydrogens is 242 g/mol. The summed E-state index contributed by atoms with van der Waals surface area (Å²) in [5.41, 5.74) is -1.27. The zero-order valence-electron chi connectivity index (χ0n) is 8.26. The van der Waals surface area contributed by atoms with E-state index in [0.29, 0.717) is 0 Å². The smallest absolute Gasteiger partial charge is 0.361 e. The van der Waals surface area contributed by atoms with Gasteiger partial charge < -0.3 is 9.47 Å². The largest absolute Gasteiger partial charge is 0.476 e. The fraction of sp³-hybridized carbons (Fsp3) is 0.286. The second kappa shape index (κ2) is 4.71. The molecule has 1 aromatic heterocycles. The number of rotatable bonds is 4. The fourth-order valence-corrected chi connectivity index (χ4v) is 1.08. The monoisotopic (exact) mass is 247 g/mol. The minimum absolute atomic E-state index is 0.244. The van der Waals surface area contributed by atoms with Crippen LogP contribution in [-0.2, 0) is 0 Å². The van der Waals surface area contributed by atoms with Crippen LogP contribution in [0.3, 0.4) is 0 Å². The molecule has 0 fully saturated rings. The van der Waals surface area contributed by atoms with Crippen molar-refractivity contribution in [1.29, 1.82) is 0 Å². The Balaban J connectivity index is 3.53. The lowest BCUT2D eigenvalue weighted by atomic mass is 10.3. The van der Waals surface area contributed by atoms with E-state index in [1.54, 1.807) is 0 Å². The van der Waals surface area contributed by atoms with Gasteiger partial charge in [0.1, 0.15) is 0 Å². The Labute approximate surface area is 94.3 Å². The molecule has 1 aromatic rings. The fourth-order valence-electron chi connectivity index (χ4n) is 0.950. The molecule has 16 heavy (non-hydrogen) atoms. The molecular formula is C7H6ClN3O5. The van der Waals surface area contributed by atoms with Gasteiger partial charge in [-0.25, -0.2) is 0 Å². The number of hydrogen-bond acceptors (Lipinski definition) is 7. The van der Waals surface area contributed by atoms with Crippen molar-refractivity contribution in [2.24, 2.45) is 0 Å². The molecule has 0 spiro atoms. The van der Waals surface area contributed by atoms with Gasteiger partial charge in [-0.05, 0) is 11.6 Å². The van der Waals surface area contributed by atoms with Gasteiger partial charge in [0.15, 0.2) is 0 Å². The number of carbonyl (C=O) groups excluding carboxylic acids is 1. The zero-order chi connectivity index (χ0) is 12.3. The maximum atomic E-state index is 11.0. The minimum atomic E-state index is -1.09. The molecule has 0 radical (unpaired) electrons. The number of aromatic nitrogens is 2. The molecule has 0 aliphatic rings. The van der Waals surface area contributed by atoms with Crippen LogP contribution in [0.5, 0.6) is 11.9 Å². The summed E-state index contributed by atoms with van der Waals surface area (Å²) in [7, 11) is 2.40. The number of hydrogen-bond donors (Lipinski definition) is 0. The number of nitrogens with zero attached hydrogens (tertiary/aromatic N) is 3. The molecule has 0 saturated heterocycles. The minimum Gasteiger partial charge on any atom is -0.476 e. The van der Waals surface area contributed by atoms with E-state index < -0.39 is 21.5 Å². The summed E-state index contributed by atoms with van der Waals surface area (Å²) >= 11 is 5.17. The second-order valence-corrected chi connectivity index (χ2v) is 2.79. The predicted molar refractivity (Wildman–Crippen MR) is 52.0 cm³/mol. The Morgan fingerprint density at radius 1 is 1.38 bits per heavy atom. The first-order valence-corrected chi connectivity index (χ1v) is 4.23. The van der Waals surface area contributed by atoms with Gasteiger partial charge in [0.05, 0.1) is 19.1 Å². The third kappa shape index (κ3) is 2.16. The summed E-state index contributed by atoms with van der Waals surface area (Å²) in [6.07, 6.45) is 0. The van der Waals surface area contributed by atoms with Crippen molar-refractivity contribution >= 4 is 22.5 Å². The maximum Gasteiger partial charge on any atom is 0.361 e. The van der Waals surface area contributed by atoms with Crippen LogP contribution < -0.4 is 9.47 Å². The third-order valence-electron chi connectivity index (χ3n) is 1.58. The Kier molecular flexibility index (Phi) is 3.56. The number of ether oxygens (including phenoxy) is 2. The van der Waals surface area contributed by atoms with Gasteiger partial charge in [-0.15, -0.1) is 0 Å². The lowest BCUT2D eigenvalue weighted by molar-refractivity contribution is -0.386. The van der Waals surface area contributed by atoms with Gasteiger partial charge in [-0.3, -0.25) is 14.9 Å². The van der Waals surface area contributed by atoms with E-state index in [2.05, 4.69) is 19.4 Å². The van der Waals surface area contributed by atoms with Gasteiger partial charge in [-0.1, -0.05) is 0 Å². The van der Waals surface area contributed by atoms with E-state index in [1.807, 2.05) is 0 Å². The molecule has 0 N–H and O–H groups in total. The zero-order valence-corrected chi connectivity index (χ0v) is 9.02. The van der Waals surface area contributed by atoms with Crippen molar-refractivity contribution in [2.45, 2.75) is 0 Å². The third-order valence-corrected chi connectivity index (χ3v) is 1.76. The van der Waals surface area contributed by atoms with E-state index in [0.717, 1.165) is 7.11 Å². The topological polar surface area (TPSA) is 104 Å². The van der Waals surface area contributed by atoms with Gasteiger partial charge in [0, 0.05) is 0 Å². The van der Waals surface area contributed by atoms with E-state index in [1.165, 1.54) is 7.11 Å². The van der Waals surface area contributed by atoms with E-state index in [9.17, 15) is 14.9 Å². The van der Waals surface area contributed by atoms with Crippen LogP contribution in [0.4, 0.5) is 5.69 Å². The first kappa shape index (κ1) is 12.1. The molecule has 86 valence electrons. The standard InChI is InChI=1S/C7H6ClN3O5/c1-15-6-4(11(13)14)3(5(8)12)9-7(10-6)16-2/h1-2H3. The molecule has 0 aliphatic heterocycles. The van der Waals surface area contributed by atoms with E-state index in [-0.39, 0.29) is 11.9 Å². The maximum absolute atomic E-state index is 11.0. The molecule has 0 atom stereocenters. The highest BCUT2D eigenvalue weighted by Gasteiger charge is 2.29. The van der Waals surface area contributed by atoms with Gasteiger partial charge >= 0.3 is 17.6 Å². The molecule has 0 amide bonds. The number of carbonyl (C=O) groups is 1. The normalized spacial score (nSPS) is 9.69. The summed E-state index contributed by atoms with van der Waals surface area (Å²) in [6, 6.07) is -0.244. The summed E-state index contributed by atoms with van der Waals surface area (Å²) < 4.78 is 9.30. The predicted octanol–water partition coefficient (Wildman–Crippen LogP) is 0.781. The average molecular weight is 248 g/mol. The van der Waals surface area contributed by atoms with Crippen LogP contribution in [0.15, 0.2) is 0 Å². The lowest BCUT2D eigenvalue weighted by Crippen LogP contribution is -2.08.